The van der Waals surface area contributed by atoms with Gasteiger partial charge in [-0.2, -0.15) is 26.3 Å². The van der Waals surface area contributed by atoms with E-state index in [0.29, 0.717) is 40.9 Å². The van der Waals surface area contributed by atoms with Gasteiger partial charge in [-0.15, -0.1) is 0 Å². The number of hydrogen-bond acceptors (Lipinski definition) is 2. The normalized spacial score (nSPS) is 13.2. The molecule has 3 rings (SSSR count). The van der Waals surface area contributed by atoms with E-state index in [9.17, 15) is 26.3 Å². The summed E-state index contributed by atoms with van der Waals surface area (Å²) in [6, 6.07) is 8.04. The summed E-state index contributed by atoms with van der Waals surface area (Å²) in [5, 5.41) is 0. The zero-order chi connectivity index (χ0) is 23.5. The zero-order valence-electron chi connectivity index (χ0n) is 17.6. The third-order valence-corrected chi connectivity index (χ3v) is 5.39. The van der Waals surface area contributed by atoms with Gasteiger partial charge in [0.2, 0.25) is 0 Å². The monoisotopic (exact) mass is 452 g/mol. The maximum absolute atomic E-state index is 13.4. The first-order valence-electron chi connectivity index (χ1n) is 10.3. The summed E-state index contributed by atoms with van der Waals surface area (Å²) in [6.07, 6.45) is -4.01. The fourth-order valence-corrected chi connectivity index (χ4v) is 3.78. The van der Waals surface area contributed by atoms with Gasteiger partial charge >= 0.3 is 12.4 Å². The summed E-state index contributed by atoms with van der Waals surface area (Å²) in [5.74, 6) is -0.125. The maximum atomic E-state index is 13.4. The van der Waals surface area contributed by atoms with Crippen LogP contribution in [0.4, 0.5) is 26.3 Å². The summed E-state index contributed by atoms with van der Waals surface area (Å²) < 4.78 is 79.0. The molecular formula is C24H22F6N2. The molecule has 0 aliphatic carbocycles. The average molecular weight is 452 g/mol. The fourth-order valence-electron chi connectivity index (χ4n) is 3.78. The molecular weight excluding hydrogens is 430 g/mol. The Morgan fingerprint density at radius 2 is 1.31 bits per heavy atom. The first-order valence-corrected chi connectivity index (χ1v) is 10.3. The van der Waals surface area contributed by atoms with E-state index in [1.165, 1.54) is 30.6 Å². The molecule has 1 atom stereocenters. The second-order valence-electron chi connectivity index (χ2n) is 7.52. The lowest BCUT2D eigenvalue weighted by atomic mass is 9.85. The van der Waals surface area contributed by atoms with Gasteiger partial charge in [0.25, 0.3) is 0 Å². The molecule has 0 spiro atoms. The van der Waals surface area contributed by atoms with Crippen LogP contribution in [0, 0.1) is 0 Å². The Morgan fingerprint density at radius 1 is 0.750 bits per heavy atom. The summed E-state index contributed by atoms with van der Waals surface area (Å²) in [4.78, 5) is 8.65. The van der Waals surface area contributed by atoms with Gasteiger partial charge in [0.1, 0.15) is 0 Å². The van der Waals surface area contributed by atoms with Gasteiger partial charge in [0.05, 0.1) is 22.5 Å². The predicted molar refractivity (Wildman–Crippen MR) is 111 cm³/mol. The van der Waals surface area contributed by atoms with E-state index in [1.54, 1.807) is 0 Å². The van der Waals surface area contributed by atoms with Gasteiger partial charge in [-0.1, -0.05) is 38.5 Å². The number of rotatable bonds is 6. The number of hydrogen-bond donors (Lipinski definition) is 0. The van der Waals surface area contributed by atoms with Gasteiger partial charge in [-0.25, -0.2) is 0 Å². The SMILES string of the molecule is CCCC(CC)c1cc(C(F)(F)F)ccc1-c1nccnc1-c1ccc(C(F)(F)F)cc1. The van der Waals surface area contributed by atoms with E-state index in [4.69, 9.17) is 0 Å². The molecule has 1 unspecified atom stereocenters. The molecule has 0 radical (unpaired) electrons. The largest absolute Gasteiger partial charge is 0.416 e. The molecule has 0 bridgehead atoms. The Balaban J connectivity index is 2.18. The highest BCUT2D eigenvalue weighted by atomic mass is 19.4. The highest BCUT2D eigenvalue weighted by Crippen LogP contribution is 2.40. The molecule has 1 aromatic heterocycles. The summed E-state index contributed by atoms with van der Waals surface area (Å²) in [5.41, 5.74) is 0.524. The number of nitrogens with zero attached hydrogens (tertiary/aromatic N) is 2. The second-order valence-corrected chi connectivity index (χ2v) is 7.52. The van der Waals surface area contributed by atoms with E-state index in [0.717, 1.165) is 30.7 Å². The van der Waals surface area contributed by atoms with Crippen molar-refractivity contribution >= 4 is 0 Å². The molecule has 2 nitrogen and oxygen atoms in total. The molecule has 2 aromatic carbocycles. The third kappa shape index (κ3) is 5.11. The van der Waals surface area contributed by atoms with Crippen LogP contribution in [-0.2, 0) is 12.4 Å². The molecule has 32 heavy (non-hydrogen) atoms. The van der Waals surface area contributed by atoms with Crippen LogP contribution in [-0.4, -0.2) is 9.97 Å². The Hall–Kier alpha value is -2.90. The highest BCUT2D eigenvalue weighted by Gasteiger charge is 2.33. The fraction of sp³-hybridized carbons (Fsp3) is 0.333. The van der Waals surface area contributed by atoms with Crippen molar-refractivity contribution in [2.45, 2.75) is 51.4 Å². The van der Waals surface area contributed by atoms with E-state index >= 15 is 0 Å². The Morgan fingerprint density at radius 3 is 1.84 bits per heavy atom. The Kier molecular flexibility index (Phi) is 6.91. The van der Waals surface area contributed by atoms with Crippen LogP contribution in [0.25, 0.3) is 22.5 Å². The smallest absolute Gasteiger partial charge is 0.252 e. The van der Waals surface area contributed by atoms with Gasteiger partial charge < -0.3 is 0 Å². The minimum atomic E-state index is -4.49. The average Bonchev–Trinajstić information content (AvgIpc) is 2.76. The Labute approximate surface area is 182 Å². The molecule has 0 saturated carbocycles. The van der Waals surface area contributed by atoms with E-state index < -0.39 is 23.5 Å². The summed E-state index contributed by atoms with van der Waals surface area (Å²) in [6.45, 7) is 3.88. The van der Waals surface area contributed by atoms with Crippen molar-refractivity contribution in [3.05, 3.63) is 71.5 Å². The van der Waals surface area contributed by atoms with Crippen LogP contribution in [0.3, 0.4) is 0 Å². The molecule has 170 valence electrons. The lowest BCUT2D eigenvalue weighted by molar-refractivity contribution is -0.138. The van der Waals surface area contributed by atoms with Crippen LogP contribution < -0.4 is 0 Å². The van der Waals surface area contributed by atoms with Gasteiger partial charge in [-0.05, 0) is 48.6 Å². The van der Waals surface area contributed by atoms with Crippen LogP contribution in [0.5, 0.6) is 0 Å². The van der Waals surface area contributed by atoms with Crippen molar-refractivity contribution in [3.8, 4) is 22.5 Å². The third-order valence-electron chi connectivity index (χ3n) is 5.39. The van der Waals surface area contributed by atoms with Crippen molar-refractivity contribution in [1.29, 1.82) is 0 Å². The van der Waals surface area contributed by atoms with Crippen molar-refractivity contribution in [2.24, 2.45) is 0 Å². The topological polar surface area (TPSA) is 25.8 Å². The molecule has 0 fully saturated rings. The standard InChI is InChI=1S/C24H22F6N2/c1-3-5-15(4-2)20-14-18(24(28,29)30)10-11-19(20)22-21(31-12-13-32-22)16-6-8-17(9-7-16)23(25,26)27/h6-15H,3-5H2,1-2H3. The number of alkyl halides is 6. The number of benzene rings is 2. The van der Waals surface area contributed by atoms with Crippen molar-refractivity contribution in [2.75, 3.05) is 0 Å². The molecule has 0 N–H and O–H groups in total. The molecule has 3 aromatic rings. The second kappa shape index (κ2) is 9.30. The number of halogens is 6. The number of aromatic nitrogens is 2. The zero-order valence-corrected chi connectivity index (χ0v) is 17.6. The molecule has 0 aliphatic rings. The summed E-state index contributed by atoms with van der Waals surface area (Å²) >= 11 is 0. The molecule has 0 amide bonds. The first-order chi connectivity index (χ1) is 15.1. The van der Waals surface area contributed by atoms with E-state index in [2.05, 4.69) is 9.97 Å². The van der Waals surface area contributed by atoms with E-state index in [-0.39, 0.29) is 5.92 Å². The van der Waals surface area contributed by atoms with Crippen LogP contribution in [0.2, 0.25) is 0 Å². The molecule has 8 heteroatoms. The molecule has 0 aliphatic heterocycles. The van der Waals surface area contributed by atoms with Gasteiger partial charge in [0.15, 0.2) is 0 Å². The lowest BCUT2D eigenvalue weighted by Crippen LogP contribution is -2.09. The van der Waals surface area contributed by atoms with Crippen molar-refractivity contribution in [1.82, 2.24) is 9.97 Å². The van der Waals surface area contributed by atoms with Crippen molar-refractivity contribution < 1.29 is 26.3 Å². The lowest BCUT2D eigenvalue weighted by Gasteiger charge is -2.21. The van der Waals surface area contributed by atoms with E-state index in [1.807, 2.05) is 13.8 Å². The summed E-state index contributed by atoms with van der Waals surface area (Å²) in [7, 11) is 0. The first kappa shape index (κ1) is 23.8. The van der Waals surface area contributed by atoms with Crippen LogP contribution in [0.1, 0.15) is 55.7 Å². The molecule has 0 saturated heterocycles. The Bertz CT molecular complexity index is 1060. The van der Waals surface area contributed by atoms with Crippen molar-refractivity contribution in [3.63, 3.8) is 0 Å². The minimum Gasteiger partial charge on any atom is -0.252 e. The van der Waals surface area contributed by atoms with Crippen LogP contribution in [0.15, 0.2) is 54.9 Å². The molecule has 1 heterocycles. The highest BCUT2D eigenvalue weighted by molar-refractivity contribution is 5.80. The van der Waals surface area contributed by atoms with Gasteiger partial charge in [0, 0.05) is 23.5 Å². The minimum absolute atomic E-state index is 0.125. The quantitative estimate of drug-likeness (QED) is 0.353. The van der Waals surface area contributed by atoms with Gasteiger partial charge in [-0.3, -0.25) is 9.97 Å². The maximum Gasteiger partial charge on any atom is 0.416 e. The van der Waals surface area contributed by atoms with Crippen LogP contribution >= 0.6 is 0 Å². The predicted octanol–water partition coefficient (Wildman–Crippen LogP) is 8.14.